The Morgan fingerprint density at radius 2 is 1.96 bits per heavy atom. The number of benzene rings is 1. The Bertz CT molecular complexity index is 573. The van der Waals surface area contributed by atoms with E-state index in [1.165, 1.54) is 23.2 Å². The second-order valence-corrected chi connectivity index (χ2v) is 5.93. The molecule has 3 rings (SSSR count). The topological polar surface area (TPSA) is 36.1 Å². The van der Waals surface area contributed by atoms with Crippen molar-refractivity contribution < 1.29 is 4.39 Å². The number of piperidine rings is 1. The normalized spacial score (nSPS) is 19.6. The molecule has 2 atom stereocenters. The zero-order valence-electron chi connectivity index (χ0n) is 17.0. The molecule has 0 aromatic heterocycles. The molecule has 2 unspecified atom stereocenters. The lowest BCUT2D eigenvalue weighted by atomic mass is 9.89. The van der Waals surface area contributed by atoms with Gasteiger partial charge in [0.15, 0.2) is 0 Å². The smallest absolute Gasteiger partial charge is 0.106 e. The molecule has 1 aromatic rings. The van der Waals surface area contributed by atoms with Gasteiger partial charge in [-0.15, -0.1) is 18.2 Å². The standard InChI is InChI=1S/C15H20FN3.C3H6.C2H6.CH3Cl/c1-9-5-11(18-10(2)7-16)6-12-13-8-17-4-3-14(13)19-15(9)12;1-3-2;2*1-2/h5-7,13-14,17-19H,3-4,8H2,1-2H3;3H,1H2,2H3;1-2H3;1H3/b10-7-;;;. The average molecular weight is 384 g/mol. The highest BCUT2D eigenvalue weighted by atomic mass is 35.5. The predicted octanol–water partition coefficient (Wildman–Crippen LogP) is 6.18. The van der Waals surface area contributed by atoms with Gasteiger partial charge in [0.25, 0.3) is 0 Å². The van der Waals surface area contributed by atoms with E-state index in [0.717, 1.165) is 25.2 Å². The lowest BCUT2D eigenvalue weighted by Crippen LogP contribution is -2.38. The van der Waals surface area contributed by atoms with E-state index in [2.05, 4.69) is 53.2 Å². The number of aryl methyl sites for hydroxylation is 1. The quantitative estimate of drug-likeness (QED) is 0.421. The van der Waals surface area contributed by atoms with Gasteiger partial charge in [0.1, 0.15) is 6.33 Å². The fourth-order valence-electron chi connectivity index (χ4n) is 3.17. The van der Waals surface area contributed by atoms with Gasteiger partial charge in [-0.1, -0.05) is 19.9 Å². The van der Waals surface area contributed by atoms with Gasteiger partial charge in [0.05, 0.1) is 0 Å². The van der Waals surface area contributed by atoms with E-state index in [-0.39, 0.29) is 0 Å². The Morgan fingerprint density at radius 1 is 1.35 bits per heavy atom. The number of halogens is 2. The number of fused-ring (bicyclic) bond motifs is 3. The number of hydrogen-bond donors (Lipinski definition) is 3. The SMILES string of the molecule is C/C(=C/F)Nc1cc(C)c2c(c1)C1CNCCC1N2.C=CC.CC.CCl. The van der Waals surface area contributed by atoms with Gasteiger partial charge < -0.3 is 16.0 Å². The van der Waals surface area contributed by atoms with Crippen molar-refractivity contribution in [1.82, 2.24) is 5.32 Å². The molecule has 2 aliphatic heterocycles. The number of hydrogen-bond acceptors (Lipinski definition) is 3. The fourth-order valence-corrected chi connectivity index (χ4v) is 3.17. The Balaban J connectivity index is 0.000000793. The first-order valence-electron chi connectivity index (χ1n) is 9.21. The first-order chi connectivity index (χ1) is 12.6. The molecule has 0 spiro atoms. The van der Waals surface area contributed by atoms with Gasteiger partial charge in [0.2, 0.25) is 0 Å². The monoisotopic (exact) mass is 383 g/mol. The van der Waals surface area contributed by atoms with Crippen molar-refractivity contribution in [2.75, 3.05) is 30.1 Å². The van der Waals surface area contributed by atoms with Crippen LogP contribution in [0.25, 0.3) is 0 Å². The van der Waals surface area contributed by atoms with Gasteiger partial charge in [-0.2, -0.15) is 0 Å². The third-order valence-corrected chi connectivity index (χ3v) is 4.08. The summed E-state index contributed by atoms with van der Waals surface area (Å²) in [5.74, 6) is 0.527. The molecular formula is C21H35ClFN3. The van der Waals surface area contributed by atoms with Crippen LogP contribution in [0.5, 0.6) is 0 Å². The number of alkyl halides is 1. The van der Waals surface area contributed by atoms with E-state index < -0.39 is 0 Å². The second kappa shape index (κ2) is 13.7. The molecule has 2 heterocycles. The Hall–Kier alpha value is -1.52. The summed E-state index contributed by atoms with van der Waals surface area (Å²) in [6, 6.07) is 4.77. The fraction of sp³-hybridized carbons (Fsp3) is 0.524. The van der Waals surface area contributed by atoms with E-state index in [4.69, 9.17) is 0 Å². The van der Waals surface area contributed by atoms with Crippen molar-refractivity contribution in [3.8, 4) is 0 Å². The highest BCUT2D eigenvalue weighted by molar-refractivity contribution is 6.15. The first kappa shape index (κ1) is 24.5. The van der Waals surface area contributed by atoms with Gasteiger partial charge in [-0.05, 0) is 57.0 Å². The van der Waals surface area contributed by atoms with Crippen LogP contribution in [-0.4, -0.2) is 25.5 Å². The maximum absolute atomic E-state index is 12.5. The predicted molar refractivity (Wildman–Crippen MR) is 116 cm³/mol. The van der Waals surface area contributed by atoms with E-state index in [9.17, 15) is 4.39 Å². The van der Waals surface area contributed by atoms with Gasteiger partial charge >= 0.3 is 0 Å². The average Bonchev–Trinajstić information content (AvgIpc) is 3.05. The summed E-state index contributed by atoms with van der Waals surface area (Å²) in [6.45, 7) is 15.2. The van der Waals surface area contributed by atoms with E-state index in [0.29, 0.717) is 24.0 Å². The largest absolute Gasteiger partial charge is 0.381 e. The lowest BCUT2D eigenvalue weighted by molar-refractivity contribution is 0.440. The minimum absolute atomic E-state index is 0.527. The van der Waals surface area contributed by atoms with E-state index in [1.54, 1.807) is 13.0 Å². The van der Waals surface area contributed by atoms with Crippen LogP contribution in [0.4, 0.5) is 15.8 Å². The molecule has 0 aliphatic carbocycles. The van der Waals surface area contributed by atoms with Crippen LogP contribution in [0.3, 0.4) is 0 Å². The third kappa shape index (κ3) is 6.65. The molecule has 1 saturated heterocycles. The van der Waals surface area contributed by atoms with Gasteiger partial charge in [-0.3, -0.25) is 0 Å². The van der Waals surface area contributed by atoms with Crippen LogP contribution in [0.15, 0.2) is 36.8 Å². The summed E-state index contributed by atoms with van der Waals surface area (Å²) in [7, 11) is 0. The molecule has 3 N–H and O–H groups in total. The molecule has 0 radical (unpaired) electrons. The first-order valence-corrected chi connectivity index (χ1v) is 9.97. The van der Waals surface area contributed by atoms with Crippen LogP contribution in [0, 0.1) is 6.92 Å². The number of anilines is 2. The maximum atomic E-state index is 12.5. The molecular weight excluding hydrogens is 349 g/mol. The van der Waals surface area contributed by atoms with Crippen molar-refractivity contribution in [3.05, 3.63) is 47.9 Å². The van der Waals surface area contributed by atoms with Crippen LogP contribution >= 0.6 is 11.6 Å². The van der Waals surface area contributed by atoms with Crippen molar-refractivity contribution in [2.24, 2.45) is 0 Å². The highest BCUT2D eigenvalue weighted by Gasteiger charge is 2.34. The zero-order chi connectivity index (χ0) is 20.1. The lowest BCUT2D eigenvalue weighted by Gasteiger charge is -2.26. The summed E-state index contributed by atoms with van der Waals surface area (Å²) in [6.07, 6.45) is 4.98. The van der Waals surface area contributed by atoms with Crippen LogP contribution < -0.4 is 16.0 Å². The maximum Gasteiger partial charge on any atom is 0.106 e. The zero-order valence-corrected chi connectivity index (χ0v) is 17.8. The highest BCUT2D eigenvalue weighted by Crippen LogP contribution is 2.41. The van der Waals surface area contributed by atoms with Crippen LogP contribution in [0.2, 0.25) is 0 Å². The third-order valence-electron chi connectivity index (χ3n) is 4.08. The number of rotatable bonds is 2. The van der Waals surface area contributed by atoms with Gasteiger partial charge in [0, 0.05) is 42.0 Å². The van der Waals surface area contributed by atoms with Crippen molar-refractivity contribution >= 4 is 23.0 Å². The summed E-state index contributed by atoms with van der Waals surface area (Å²) < 4.78 is 12.5. The summed E-state index contributed by atoms with van der Waals surface area (Å²) in [4.78, 5) is 0. The Kier molecular flexibility index (Phi) is 12.9. The van der Waals surface area contributed by atoms with E-state index >= 15 is 0 Å². The second-order valence-electron chi connectivity index (χ2n) is 5.93. The summed E-state index contributed by atoms with van der Waals surface area (Å²) in [5, 5.41) is 10.2. The molecule has 26 heavy (non-hydrogen) atoms. The molecule has 148 valence electrons. The minimum atomic E-state index is 0.527. The summed E-state index contributed by atoms with van der Waals surface area (Å²) >= 11 is 4.64. The molecule has 1 aromatic carbocycles. The molecule has 0 amide bonds. The number of allylic oxidation sites excluding steroid dienone is 2. The van der Waals surface area contributed by atoms with Crippen LogP contribution in [-0.2, 0) is 0 Å². The van der Waals surface area contributed by atoms with Crippen molar-refractivity contribution in [2.45, 2.75) is 53.0 Å². The Labute approximate surface area is 164 Å². The van der Waals surface area contributed by atoms with Gasteiger partial charge in [-0.25, -0.2) is 4.39 Å². The molecule has 2 aliphatic rings. The van der Waals surface area contributed by atoms with E-state index in [1.807, 2.05) is 20.8 Å². The van der Waals surface area contributed by atoms with Crippen molar-refractivity contribution in [3.63, 3.8) is 0 Å². The minimum Gasteiger partial charge on any atom is -0.381 e. The summed E-state index contributed by atoms with van der Waals surface area (Å²) in [5.41, 5.74) is 5.35. The van der Waals surface area contributed by atoms with Crippen LogP contribution in [0.1, 0.15) is 51.2 Å². The molecule has 0 saturated carbocycles. The molecule has 3 nitrogen and oxygen atoms in total. The Morgan fingerprint density at radius 3 is 2.54 bits per heavy atom. The molecule has 1 fully saturated rings. The molecule has 0 bridgehead atoms. The molecule has 5 heteroatoms. The van der Waals surface area contributed by atoms with Crippen molar-refractivity contribution in [1.29, 1.82) is 0 Å². The number of nitrogens with one attached hydrogen (secondary N) is 3.